The molecule has 0 spiro atoms. The molecule has 3 N–H and O–H groups in total. The van der Waals surface area contributed by atoms with Crippen LogP contribution in [-0.2, 0) is 17.0 Å². The molecule has 0 saturated carbocycles. The second-order valence-electron chi connectivity index (χ2n) is 4.27. The van der Waals surface area contributed by atoms with Crippen molar-refractivity contribution in [2.24, 2.45) is 0 Å². The summed E-state index contributed by atoms with van der Waals surface area (Å²) in [4.78, 5) is 6.58. The van der Waals surface area contributed by atoms with Gasteiger partial charge in [0.1, 0.15) is 11.6 Å². The molecule has 19 heavy (non-hydrogen) atoms. The number of nitrogens with two attached hydrogens (primary N) is 1. The summed E-state index contributed by atoms with van der Waals surface area (Å²) in [6, 6.07) is 1.23. The summed E-state index contributed by atoms with van der Waals surface area (Å²) in [5.74, 6) is -0.342. The predicted octanol–water partition coefficient (Wildman–Crippen LogP) is 1.40. The summed E-state index contributed by atoms with van der Waals surface area (Å²) < 4.78 is 48.8. The van der Waals surface area contributed by atoms with E-state index in [0.717, 1.165) is 0 Å². The molecule has 0 unspecified atom stereocenters. The maximum absolute atomic E-state index is 12.5. The Balaban J connectivity index is 2.12. The van der Waals surface area contributed by atoms with Gasteiger partial charge in [0.25, 0.3) is 0 Å². The smallest absolute Gasteiger partial charge is 0.384 e. The monoisotopic (exact) mass is 294 g/mol. The lowest BCUT2D eigenvalue weighted by Crippen LogP contribution is -2.30. The zero-order chi connectivity index (χ0) is 14.0. The number of halogens is 3. The van der Waals surface area contributed by atoms with E-state index in [4.69, 9.17) is 5.73 Å². The highest BCUT2D eigenvalue weighted by molar-refractivity contribution is 7.85. The summed E-state index contributed by atoms with van der Waals surface area (Å²) in [6.45, 7) is 0. The Labute approximate surface area is 110 Å². The third-order valence-corrected chi connectivity index (χ3v) is 4.12. The van der Waals surface area contributed by atoms with E-state index in [9.17, 15) is 17.4 Å². The minimum Gasteiger partial charge on any atom is -0.384 e. The van der Waals surface area contributed by atoms with Gasteiger partial charge in [0.05, 0.1) is 0 Å². The maximum Gasteiger partial charge on any atom is 0.451 e. The quantitative estimate of drug-likeness (QED) is 0.861. The number of hydrogen-bond acceptors (Lipinski definition) is 5. The zero-order valence-electron chi connectivity index (χ0n) is 9.91. The Morgan fingerprint density at radius 2 is 1.95 bits per heavy atom. The number of alkyl halides is 3. The second-order valence-corrected chi connectivity index (χ2v) is 5.96. The summed E-state index contributed by atoms with van der Waals surface area (Å²) >= 11 is 0. The van der Waals surface area contributed by atoms with E-state index in [1.54, 1.807) is 0 Å². The number of nitrogens with one attached hydrogen (secondary N) is 1. The molecule has 0 bridgehead atoms. The van der Waals surface area contributed by atoms with E-state index in [1.165, 1.54) is 6.07 Å². The number of rotatable bonds is 2. The Morgan fingerprint density at radius 1 is 1.32 bits per heavy atom. The van der Waals surface area contributed by atoms with Gasteiger partial charge < -0.3 is 11.1 Å². The van der Waals surface area contributed by atoms with Crippen LogP contribution in [0.2, 0.25) is 0 Å². The summed E-state index contributed by atoms with van der Waals surface area (Å²) in [7, 11) is -0.819. The number of aromatic nitrogens is 2. The Morgan fingerprint density at radius 3 is 2.53 bits per heavy atom. The Hall–Kier alpha value is -1.38. The Bertz CT molecular complexity index is 484. The first-order valence-corrected chi connectivity index (χ1v) is 7.16. The van der Waals surface area contributed by atoms with Crippen molar-refractivity contribution >= 4 is 22.4 Å². The lowest BCUT2D eigenvalue weighted by Gasteiger charge is -2.23. The molecule has 0 atom stereocenters. The van der Waals surface area contributed by atoms with Crippen LogP contribution < -0.4 is 11.1 Å². The number of hydrogen-bond donors (Lipinski definition) is 2. The molecule has 2 rings (SSSR count). The van der Waals surface area contributed by atoms with Gasteiger partial charge in [-0.1, -0.05) is 0 Å². The maximum atomic E-state index is 12.5. The largest absolute Gasteiger partial charge is 0.451 e. The van der Waals surface area contributed by atoms with Gasteiger partial charge in [0, 0.05) is 34.4 Å². The minimum absolute atomic E-state index is 0.0342. The average molecular weight is 294 g/mol. The molecule has 5 nitrogen and oxygen atoms in total. The fourth-order valence-electron chi connectivity index (χ4n) is 1.81. The van der Waals surface area contributed by atoms with Crippen molar-refractivity contribution < 1.29 is 17.4 Å². The molecular formula is C10H13F3N4OS. The first-order chi connectivity index (χ1) is 8.84. The third-order valence-electron chi connectivity index (χ3n) is 2.74. The molecular weight excluding hydrogens is 281 g/mol. The molecule has 2 heterocycles. The molecule has 1 aliphatic heterocycles. The van der Waals surface area contributed by atoms with Crippen molar-refractivity contribution in [2.45, 2.75) is 25.1 Å². The van der Waals surface area contributed by atoms with Gasteiger partial charge >= 0.3 is 6.18 Å². The summed E-state index contributed by atoms with van der Waals surface area (Å²) in [5.41, 5.74) is 5.34. The van der Waals surface area contributed by atoms with Crippen molar-refractivity contribution in [2.75, 3.05) is 22.6 Å². The molecule has 0 radical (unpaired) electrons. The van der Waals surface area contributed by atoms with Crippen LogP contribution in [0.25, 0.3) is 0 Å². The highest BCUT2D eigenvalue weighted by Gasteiger charge is 2.35. The van der Waals surface area contributed by atoms with Crippen LogP contribution in [0.3, 0.4) is 0 Å². The van der Waals surface area contributed by atoms with Crippen molar-refractivity contribution in [3.05, 3.63) is 11.9 Å². The molecule has 9 heteroatoms. The van der Waals surface area contributed by atoms with Gasteiger partial charge in [0.2, 0.25) is 5.82 Å². The molecule has 1 aliphatic rings. The topological polar surface area (TPSA) is 80.9 Å². The molecule has 1 aromatic heterocycles. The normalized spacial score (nSPS) is 24.2. The summed E-state index contributed by atoms with van der Waals surface area (Å²) in [6.07, 6.45) is -3.35. The van der Waals surface area contributed by atoms with Gasteiger partial charge in [-0.3, -0.25) is 4.21 Å². The van der Waals surface area contributed by atoms with E-state index in [-0.39, 0.29) is 17.7 Å². The minimum atomic E-state index is -4.63. The van der Waals surface area contributed by atoms with Gasteiger partial charge in [-0.15, -0.1) is 0 Å². The van der Waals surface area contributed by atoms with E-state index in [1.807, 2.05) is 0 Å². The van der Waals surface area contributed by atoms with Crippen LogP contribution in [0.1, 0.15) is 18.7 Å². The predicted molar refractivity (Wildman–Crippen MR) is 66.0 cm³/mol. The van der Waals surface area contributed by atoms with Gasteiger partial charge in [0.15, 0.2) is 0 Å². The third kappa shape index (κ3) is 3.79. The van der Waals surface area contributed by atoms with Crippen LogP contribution in [0.5, 0.6) is 0 Å². The van der Waals surface area contributed by atoms with E-state index in [2.05, 4.69) is 15.3 Å². The van der Waals surface area contributed by atoms with E-state index >= 15 is 0 Å². The zero-order valence-corrected chi connectivity index (χ0v) is 10.7. The first kappa shape index (κ1) is 14.0. The molecule has 0 amide bonds. The van der Waals surface area contributed by atoms with Crippen LogP contribution in [0.4, 0.5) is 24.8 Å². The lowest BCUT2D eigenvalue weighted by molar-refractivity contribution is -0.144. The Kier molecular flexibility index (Phi) is 3.93. The molecule has 1 aromatic rings. The molecule has 1 fully saturated rings. The van der Waals surface area contributed by atoms with Crippen LogP contribution in [0, 0.1) is 0 Å². The SMILES string of the molecule is Nc1cc(NC2CCS(=O)CC2)nc(C(F)(F)F)n1. The van der Waals surface area contributed by atoms with Crippen LogP contribution in [0.15, 0.2) is 6.07 Å². The fraction of sp³-hybridized carbons (Fsp3) is 0.600. The van der Waals surface area contributed by atoms with E-state index < -0.39 is 22.8 Å². The van der Waals surface area contributed by atoms with Gasteiger partial charge in [-0.25, -0.2) is 9.97 Å². The molecule has 106 valence electrons. The molecule has 1 saturated heterocycles. The highest BCUT2D eigenvalue weighted by Crippen LogP contribution is 2.28. The van der Waals surface area contributed by atoms with Crippen LogP contribution in [-0.4, -0.2) is 31.7 Å². The van der Waals surface area contributed by atoms with E-state index in [0.29, 0.717) is 24.3 Å². The number of nitrogens with zero attached hydrogens (tertiary/aromatic N) is 2. The van der Waals surface area contributed by atoms with Crippen LogP contribution >= 0.6 is 0 Å². The second kappa shape index (κ2) is 5.32. The lowest BCUT2D eigenvalue weighted by atomic mass is 10.1. The molecule has 0 aromatic carbocycles. The highest BCUT2D eigenvalue weighted by atomic mass is 32.2. The number of nitrogen functional groups attached to an aromatic ring is 1. The van der Waals surface area contributed by atoms with Crippen molar-refractivity contribution in [3.8, 4) is 0 Å². The van der Waals surface area contributed by atoms with Gasteiger partial charge in [-0.05, 0) is 12.8 Å². The fourth-order valence-corrected chi connectivity index (χ4v) is 3.11. The van der Waals surface area contributed by atoms with Gasteiger partial charge in [-0.2, -0.15) is 13.2 Å². The molecule has 0 aliphatic carbocycles. The first-order valence-electron chi connectivity index (χ1n) is 5.68. The van der Waals surface area contributed by atoms with Crippen molar-refractivity contribution in [1.29, 1.82) is 0 Å². The average Bonchev–Trinajstić information content (AvgIpc) is 2.30. The summed E-state index contributed by atoms with van der Waals surface area (Å²) in [5, 5.41) is 2.89. The number of anilines is 2. The van der Waals surface area contributed by atoms with Crippen molar-refractivity contribution in [1.82, 2.24) is 9.97 Å². The van der Waals surface area contributed by atoms with Crippen molar-refractivity contribution in [3.63, 3.8) is 0 Å². The standard InChI is InChI=1S/C10H13F3N4OS/c11-10(12,13)9-16-7(14)5-8(17-9)15-6-1-3-19(18)4-2-6/h5-6H,1-4H2,(H3,14,15,16,17).